The molecular weight excluding hydrogens is 248 g/mol. The number of carbonyl (C=O) groups is 1. The van der Waals surface area contributed by atoms with Crippen molar-refractivity contribution in [2.45, 2.75) is 45.4 Å². The molecule has 1 N–H and O–H groups in total. The lowest BCUT2D eigenvalue weighted by molar-refractivity contribution is -0.120. The lowest BCUT2D eigenvalue weighted by atomic mass is 9.88. The minimum Gasteiger partial charge on any atom is -0.342 e. The highest BCUT2D eigenvalue weighted by molar-refractivity contribution is 5.79. The van der Waals surface area contributed by atoms with Crippen molar-refractivity contribution >= 4 is 5.78 Å². The molecule has 0 saturated heterocycles. The Labute approximate surface area is 119 Å². The maximum Gasteiger partial charge on any atom is 0.132 e. The van der Waals surface area contributed by atoms with E-state index in [-0.39, 0.29) is 0 Å². The molecule has 1 aromatic carbocycles. The quantitative estimate of drug-likeness (QED) is 0.897. The van der Waals surface area contributed by atoms with Gasteiger partial charge in [-0.3, -0.25) is 4.79 Å². The second-order valence-corrected chi connectivity index (χ2v) is 5.81. The molecule has 3 rings (SSSR count). The molecule has 0 amide bonds. The van der Waals surface area contributed by atoms with Crippen molar-refractivity contribution in [3.05, 3.63) is 41.3 Å². The number of aromatic nitrogens is 2. The molecule has 0 atom stereocenters. The van der Waals surface area contributed by atoms with Crippen LogP contribution in [0.5, 0.6) is 0 Å². The van der Waals surface area contributed by atoms with Crippen molar-refractivity contribution in [1.82, 2.24) is 9.97 Å². The Hall–Kier alpha value is -1.90. The number of aryl methyl sites for hydroxylation is 2. The maximum atomic E-state index is 11.3. The summed E-state index contributed by atoms with van der Waals surface area (Å²) in [5, 5.41) is 0. The Morgan fingerprint density at radius 3 is 2.65 bits per heavy atom. The van der Waals surface area contributed by atoms with Gasteiger partial charge in [-0.25, -0.2) is 4.98 Å². The second kappa shape index (κ2) is 5.23. The highest BCUT2D eigenvalue weighted by Crippen LogP contribution is 2.31. The summed E-state index contributed by atoms with van der Waals surface area (Å²) in [5.74, 6) is 1.84. The lowest BCUT2D eigenvalue weighted by Crippen LogP contribution is -2.13. The van der Waals surface area contributed by atoms with Crippen LogP contribution in [-0.2, 0) is 4.79 Å². The van der Waals surface area contributed by atoms with Gasteiger partial charge in [-0.05, 0) is 32.3 Å². The van der Waals surface area contributed by atoms with E-state index >= 15 is 0 Å². The fraction of sp³-hybridized carbons (Fsp3) is 0.412. The van der Waals surface area contributed by atoms with E-state index in [2.05, 4.69) is 42.0 Å². The summed E-state index contributed by atoms with van der Waals surface area (Å²) in [7, 11) is 0. The van der Waals surface area contributed by atoms with Crippen molar-refractivity contribution in [1.29, 1.82) is 0 Å². The number of aromatic amines is 1. The van der Waals surface area contributed by atoms with E-state index in [1.807, 2.05) is 6.20 Å². The topological polar surface area (TPSA) is 45.8 Å². The molecule has 2 aromatic rings. The summed E-state index contributed by atoms with van der Waals surface area (Å²) in [6.07, 6.45) is 5.18. The number of ketones is 1. The molecule has 0 aliphatic heterocycles. The first kappa shape index (κ1) is 13.1. The molecule has 0 spiro atoms. The lowest BCUT2D eigenvalue weighted by Gasteiger charge is -2.18. The Bertz CT molecular complexity index is 632. The number of imidazole rings is 1. The Balaban J connectivity index is 1.84. The summed E-state index contributed by atoms with van der Waals surface area (Å²) in [6, 6.07) is 6.46. The summed E-state index contributed by atoms with van der Waals surface area (Å²) >= 11 is 0. The number of benzene rings is 1. The van der Waals surface area contributed by atoms with Gasteiger partial charge in [0.25, 0.3) is 0 Å². The zero-order valence-corrected chi connectivity index (χ0v) is 12.1. The SMILES string of the molecule is Cc1ccc(-c2cnc(C3CCC(=O)CC3)[nH]2)c(C)c1. The van der Waals surface area contributed by atoms with Gasteiger partial charge >= 0.3 is 0 Å². The van der Waals surface area contributed by atoms with Gasteiger partial charge in [0.2, 0.25) is 0 Å². The van der Waals surface area contributed by atoms with E-state index < -0.39 is 0 Å². The van der Waals surface area contributed by atoms with Gasteiger partial charge in [-0.15, -0.1) is 0 Å². The van der Waals surface area contributed by atoms with E-state index in [1.54, 1.807) is 0 Å². The summed E-state index contributed by atoms with van der Waals surface area (Å²) in [6.45, 7) is 4.23. The van der Waals surface area contributed by atoms with Gasteiger partial charge < -0.3 is 4.98 Å². The highest BCUT2D eigenvalue weighted by atomic mass is 16.1. The van der Waals surface area contributed by atoms with Crippen molar-refractivity contribution in [3.63, 3.8) is 0 Å². The normalized spacial score (nSPS) is 16.6. The van der Waals surface area contributed by atoms with Crippen molar-refractivity contribution in [2.24, 2.45) is 0 Å². The summed E-state index contributed by atoms with van der Waals surface area (Å²) in [4.78, 5) is 19.3. The maximum absolute atomic E-state index is 11.3. The molecular formula is C17H20N2O. The van der Waals surface area contributed by atoms with Crippen molar-refractivity contribution < 1.29 is 4.79 Å². The number of rotatable bonds is 2. The minimum absolute atomic E-state index is 0.391. The van der Waals surface area contributed by atoms with Crippen LogP contribution in [0.2, 0.25) is 0 Å². The third kappa shape index (κ3) is 2.53. The standard InChI is InChI=1S/C17H20N2O/c1-11-3-8-15(12(2)9-11)16-10-18-17(19-16)13-4-6-14(20)7-5-13/h3,8-10,13H,4-7H2,1-2H3,(H,18,19). The molecule has 1 aliphatic rings. The van der Waals surface area contributed by atoms with Crippen molar-refractivity contribution in [3.8, 4) is 11.3 Å². The third-order valence-corrected chi connectivity index (χ3v) is 4.20. The molecule has 0 radical (unpaired) electrons. The Morgan fingerprint density at radius 1 is 1.20 bits per heavy atom. The summed E-state index contributed by atoms with van der Waals surface area (Å²) in [5.41, 5.74) is 4.83. The zero-order valence-electron chi connectivity index (χ0n) is 12.1. The predicted molar refractivity (Wildman–Crippen MR) is 79.7 cm³/mol. The van der Waals surface area contributed by atoms with Crippen LogP contribution in [0.3, 0.4) is 0 Å². The summed E-state index contributed by atoms with van der Waals surface area (Å²) < 4.78 is 0. The number of hydrogen-bond acceptors (Lipinski definition) is 2. The van der Waals surface area contributed by atoms with Crippen LogP contribution in [0.25, 0.3) is 11.3 Å². The molecule has 0 bridgehead atoms. The predicted octanol–water partition coefficient (Wildman–Crippen LogP) is 3.92. The van der Waals surface area contributed by atoms with E-state index in [4.69, 9.17) is 0 Å². The zero-order chi connectivity index (χ0) is 14.1. The number of hydrogen-bond donors (Lipinski definition) is 1. The molecule has 104 valence electrons. The van der Waals surface area contributed by atoms with Gasteiger partial charge in [-0.1, -0.05) is 23.8 Å². The van der Waals surface area contributed by atoms with Crippen LogP contribution in [-0.4, -0.2) is 15.8 Å². The van der Waals surface area contributed by atoms with Crippen LogP contribution in [0, 0.1) is 13.8 Å². The minimum atomic E-state index is 0.391. The monoisotopic (exact) mass is 268 g/mol. The van der Waals surface area contributed by atoms with Gasteiger partial charge in [0, 0.05) is 24.3 Å². The van der Waals surface area contributed by atoms with Crippen LogP contribution < -0.4 is 0 Å². The highest BCUT2D eigenvalue weighted by Gasteiger charge is 2.22. The molecule has 1 aliphatic carbocycles. The van der Waals surface area contributed by atoms with E-state index in [9.17, 15) is 4.79 Å². The van der Waals surface area contributed by atoms with Crippen molar-refractivity contribution in [2.75, 3.05) is 0 Å². The molecule has 1 fully saturated rings. The average Bonchev–Trinajstić information content (AvgIpc) is 2.89. The smallest absolute Gasteiger partial charge is 0.132 e. The van der Waals surface area contributed by atoms with E-state index in [0.29, 0.717) is 24.5 Å². The largest absolute Gasteiger partial charge is 0.342 e. The van der Waals surface area contributed by atoms with Crippen LogP contribution >= 0.6 is 0 Å². The molecule has 3 heteroatoms. The van der Waals surface area contributed by atoms with E-state index in [1.165, 1.54) is 16.7 Å². The van der Waals surface area contributed by atoms with Gasteiger partial charge in [0.05, 0.1) is 11.9 Å². The van der Waals surface area contributed by atoms with Gasteiger partial charge in [0.1, 0.15) is 11.6 Å². The number of nitrogens with zero attached hydrogens (tertiary/aromatic N) is 1. The molecule has 3 nitrogen and oxygen atoms in total. The first-order chi connectivity index (χ1) is 9.63. The van der Waals surface area contributed by atoms with Gasteiger partial charge in [-0.2, -0.15) is 0 Å². The number of Topliss-reactive ketones (excluding diaryl/α,β-unsaturated/α-hetero) is 1. The average molecular weight is 268 g/mol. The van der Waals surface area contributed by atoms with E-state index in [0.717, 1.165) is 24.4 Å². The molecule has 0 unspecified atom stereocenters. The second-order valence-electron chi connectivity index (χ2n) is 5.81. The van der Waals surface area contributed by atoms with Crippen LogP contribution in [0.4, 0.5) is 0 Å². The molecule has 1 saturated carbocycles. The fourth-order valence-electron chi connectivity index (χ4n) is 3.01. The van der Waals surface area contributed by atoms with Crippen LogP contribution in [0.15, 0.2) is 24.4 Å². The fourth-order valence-corrected chi connectivity index (χ4v) is 3.01. The molecule has 1 aromatic heterocycles. The number of H-pyrrole nitrogens is 1. The molecule has 1 heterocycles. The van der Waals surface area contributed by atoms with Crippen LogP contribution in [0.1, 0.15) is 48.6 Å². The molecule has 20 heavy (non-hydrogen) atoms. The number of nitrogens with one attached hydrogen (secondary N) is 1. The van der Waals surface area contributed by atoms with Gasteiger partial charge in [0.15, 0.2) is 0 Å². The first-order valence-corrected chi connectivity index (χ1v) is 7.27. The third-order valence-electron chi connectivity index (χ3n) is 4.20. The first-order valence-electron chi connectivity index (χ1n) is 7.27. The Kier molecular flexibility index (Phi) is 3.43. The Morgan fingerprint density at radius 2 is 1.95 bits per heavy atom. The number of carbonyl (C=O) groups excluding carboxylic acids is 1.